The summed E-state index contributed by atoms with van der Waals surface area (Å²) in [4.78, 5) is 41.5. The first-order chi connectivity index (χ1) is 15.4. The summed E-state index contributed by atoms with van der Waals surface area (Å²) in [6.45, 7) is 2.60. The summed E-state index contributed by atoms with van der Waals surface area (Å²) in [5.74, 6) is -0.947. The van der Waals surface area contributed by atoms with Gasteiger partial charge in [-0.3, -0.25) is 14.4 Å². The van der Waals surface area contributed by atoms with Gasteiger partial charge < -0.3 is 15.3 Å². The van der Waals surface area contributed by atoms with Crippen LogP contribution in [0.5, 0.6) is 0 Å². The van der Waals surface area contributed by atoms with Gasteiger partial charge in [0.1, 0.15) is 5.70 Å². The van der Waals surface area contributed by atoms with E-state index >= 15 is 0 Å². The van der Waals surface area contributed by atoms with Crippen LogP contribution in [0, 0.1) is 5.92 Å². The number of piperidine rings is 1. The zero-order chi connectivity index (χ0) is 22.8. The molecule has 8 heteroatoms. The van der Waals surface area contributed by atoms with Crippen LogP contribution in [0.2, 0.25) is 5.02 Å². The van der Waals surface area contributed by atoms with Gasteiger partial charge in [-0.15, -0.1) is 0 Å². The maximum atomic E-state index is 13.5. The van der Waals surface area contributed by atoms with Crippen molar-refractivity contribution < 1.29 is 19.5 Å². The van der Waals surface area contributed by atoms with Crippen LogP contribution in [0.15, 0.2) is 54.2 Å². The number of nitrogens with one attached hydrogen (secondary N) is 1. The van der Waals surface area contributed by atoms with E-state index < -0.39 is 11.8 Å². The average molecular weight is 454 g/mol. The van der Waals surface area contributed by atoms with Gasteiger partial charge in [0.25, 0.3) is 11.8 Å². The van der Waals surface area contributed by atoms with E-state index in [1.165, 1.54) is 11.8 Å². The Kier molecular flexibility index (Phi) is 6.30. The maximum Gasteiger partial charge on any atom is 0.282 e. The van der Waals surface area contributed by atoms with E-state index in [-0.39, 0.29) is 18.4 Å². The molecule has 7 nitrogen and oxygen atoms in total. The molecule has 2 aliphatic rings. The number of likely N-dealkylation sites (tertiary alicyclic amines) is 1. The smallest absolute Gasteiger partial charge is 0.282 e. The fourth-order valence-corrected chi connectivity index (χ4v) is 4.36. The highest BCUT2D eigenvalue weighted by atomic mass is 35.5. The number of carbonyl (C=O) groups is 3. The predicted octanol–water partition coefficient (Wildman–Crippen LogP) is 3.29. The summed E-state index contributed by atoms with van der Waals surface area (Å²) >= 11 is 5.99. The monoisotopic (exact) mass is 453 g/mol. The maximum absolute atomic E-state index is 13.5. The third kappa shape index (κ3) is 4.26. The number of nitrogens with zero attached hydrogens (tertiary/aromatic N) is 2. The molecule has 0 aromatic heterocycles. The largest absolute Gasteiger partial charge is 0.396 e. The van der Waals surface area contributed by atoms with Crippen molar-refractivity contribution >= 4 is 46.3 Å². The molecule has 3 amide bonds. The molecule has 2 aliphatic heterocycles. The van der Waals surface area contributed by atoms with Gasteiger partial charge in [0.2, 0.25) is 5.91 Å². The molecule has 2 aromatic rings. The van der Waals surface area contributed by atoms with Crippen LogP contribution >= 0.6 is 11.6 Å². The van der Waals surface area contributed by atoms with E-state index in [4.69, 9.17) is 11.6 Å². The fraction of sp³-hybridized carbons (Fsp3) is 0.292. The standard InChI is InChI=1S/C24H24ClN3O4/c1-15(30)26-19-8-4-17(5-9-19)21-22(27-12-2-3-16(13-27)14-29)24(32)28(23(21)31)20-10-6-18(25)7-11-20/h4-11,16,29H,2-3,12-14H2,1H3,(H,26,30). The quantitative estimate of drug-likeness (QED) is 0.678. The lowest BCUT2D eigenvalue weighted by Gasteiger charge is -2.34. The number of halogens is 1. The molecule has 0 bridgehead atoms. The molecule has 166 valence electrons. The Morgan fingerprint density at radius 3 is 2.41 bits per heavy atom. The molecule has 2 heterocycles. The van der Waals surface area contributed by atoms with Crippen LogP contribution in [-0.4, -0.2) is 47.4 Å². The zero-order valence-electron chi connectivity index (χ0n) is 17.7. The Hall–Kier alpha value is -3.16. The second-order valence-electron chi connectivity index (χ2n) is 8.04. The Bertz CT molecular complexity index is 1080. The average Bonchev–Trinajstić information content (AvgIpc) is 3.04. The fourth-order valence-electron chi connectivity index (χ4n) is 4.24. The van der Waals surface area contributed by atoms with E-state index in [0.29, 0.717) is 46.3 Å². The van der Waals surface area contributed by atoms with Crippen LogP contribution < -0.4 is 10.2 Å². The Morgan fingerprint density at radius 1 is 1.09 bits per heavy atom. The highest BCUT2D eigenvalue weighted by molar-refractivity contribution is 6.45. The molecule has 4 rings (SSSR count). The number of carbonyl (C=O) groups excluding carboxylic acids is 3. The molecule has 32 heavy (non-hydrogen) atoms. The Morgan fingerprint density at radius 2 is 1.78 bits per heavy atom. The van der Waals surface area contributed by atoms with E-state index in [9.17, 15) is 19.5 Å². The molecular weight excluding hydrogens is 430 g/mol. The first-order valence-electron chi connectivity index (χ1n) is 10.5. The molecule has 2 N–H and O–H groups in total. The van der Waals surface area contributed by atoms with Crippen LogP contribution in [0.1, 0.15) is 25.3 Å². The summed E-state index contributed by atoms with van der Waals surface area (Å²) in [5.41, 5.74) is 2.30. The molecule has 0 saturated carbocycles. The van der Waals surface area contributed by atoms with Crippen molar-refractivity contribution in [3.8, 4) is 0 Å². The molecular formula is C24H24ClN3O4. The van der Waals surface area contributed by atoms with Crippen molar-refractivity contribution in [2.75, 3.05) is 29.9 Å². The summed E-state index contributed by atoms with van der Waals surface area (Å²) in [7, 11) is 0. The molecule has 1 unspecified atom stereocenters. The van der Waals surface area contributed by atoms with Gasteiger partial charge in [-0.25, -0.2) is 4.90 Å². The molecule has 0 spiro atoms. The first-order valence-corrected chi connectivity index (χ1v) is 10.9. The number of imide groups is 1. The number of anilines is 2. The summed E-state index contributed by atoms with van der Waals surface area (Å²) in [5, 5.41) is 12.9. The normalized spacial score (nSPS) is 19.0. The third-order valence-corrected chi connectivity index (χ3v) is 5.98. The summed E-state index contributed by atoms with van der Waals surface area (Å²) < 4.78 is 0. The Balaban J connectivity index is 1.77. The minimum atomic E-state index is -0.411. The number of hydrogen-bond acceptors (Lipinski definition) is 5. The van der Waals surface area contributed by atoms with Gasteiger partial charge in [-0.1, -0.05) is 23.7 Å². The van der Waals surface area contributed by atoms with Crippen molar-refractivity contribution in [1.29, 1.82) is 0 Å². The number of amides is 3. The second-order valence-corrected chi connectivity index (χ2v) is 8.48. The van der Waals surface area contributed by atoms with Crippen molar-refractivity contribution in [3.63, 3.8) is 0 Å². The van der Waals surface area contributed by atoms with Gasteiger partial charge in [-0.05, 0) is 60.7 Å². The molecule has 1 saturated heterocycles. The minimum Gasteiger partial charge on any atom is -0.396 e. The number of benzene rings is 2. The van der Waals surface area contributed by atoms with Crippen molar-refractivity contribution in [2.45, 2.75) is 19.8 Å². The van der Waals surface area contributed by atoms with Crippen LogP contribution in [0.4, 0.5) is 11.4 Å². The minimum absolute atomic E-state index is 0.0353. The van der Waals surface area contributed by atoms with Crippen LogP contribution in [0.25, 0.3) is 5.57 Å². The van der Waals surface area contributed by atoms with Crippen molar-refractivity contribution in [3.05, 3.63) is 64.8 Å². The lowest BCUT2D eigenvalue weighted by Crippen LogP contribution is -2.40. The van der Waals surface area contributed by atoms with Gasteiger partial charge in [0.15, 0.2) is 0 Å². The van der Waals surface area contributed by atoms with E-state index in [2.05, 4.69) is 5.32 Å². The number of rotatable bonds is 5. The summed E-state index contributed by atoms with van der Waals surface area (Å²) in [6.07, 6.45) is 1.70. The molecule has 1 atom stereocenters. The van der Waals surface area contributed by atoms with Gasteiger partial charge in [-0.2, -0.15) is 0 Å². The summed E-state index contributed by atoms with van der Waals surface area (Å²) in [6, 6.07) is 13.4. The zero-order valence-corrected chi connectivity index (χ0v) is 18.4. The number of aliphatic hydroxyl groups is 1. The highest BCUT2D eigenvalue weighted by Gasteiger charge is 2.43. The molecule has 2 aromatic carbocycles. The third-order valence-electron chi connectivity index (χ3n) is 5.73. The Labute approximate surface area is 191 Å². The molecule has 1 fully saturated rings. The highest BCUT2D eigenvalue weighted by Crippen LogP contribution is 2.37. The van der Waals surface area contributed by atoms with Crippen molar-refractivity contribution in [1.82, 2.24) is 4.90 Å². The topological polar surface area (TPSA) is 90.0 Å². The lowest BCUT2D eigenvalue weighted by molar-refractivity contribution is -0.121. The lowest BCUT2D eigenvalue weighted by atomic mass is 9.97. The van der Waals surface area contributed by atoms with E-state index in [1.807, 2.05) is 4.90 Å². The molecule has 0 radical (unpaired) electrons. The van der Waals surface area contributed by atoms with Gasteiger partial charge in [0.05, 0.1) is 11.3 Å². The molecule has 0 aliphatic carbocycles. The van der Waals surface area contributed by atoms with E-state index in [0.717, 1.165) is 12.8 Å². The van der Waals surface area contributed by atoms with Gasteiger partial charge >= 0.3 is 0 Å². The van der Waals surface area contributed by atoms with Crippen LogP contribution in [0.3, 0.4) is 0 Å². The predicted molar refractivity (Wildman–Crippen MR) is 123 cm³/mol. The number of hydrogen-bond donors (Lipinski definition) is 2. The second kappa shape index (κ2) is 9.14. The van der Waals surface area contributed by atoms with Crippen LogP contribution in [-0.2, 0) is 14.4 Å². The van der Waals surface area contributed by atoms with E-state index in [1.54, 1.807) is 48.5 Å². The van der Waals surface area contributed by atoms with Crippen molar-refractivity contribution in [2.24, 2.45) is 5.92 Å². The first kappa shape index (κ1) is 22.0. The SMILES string of the molecule is CC(=O)Nc1ccc(C2=C(N3CCCC(CO)C3)C(=O)N(c3ccc(Cl)cc3)C2=O)cc1. The number of aliphatic hydroxyl groups excluding tert-OH is 1. The van der Waals surface area contributed by atoms with Gasteiger partial charge in [0, 0.05) is 37.3 Å².